The van der Waals surface area contributed by atoms with Crippen LogP contribution in [0.2, 0.25) is 0 Å². The number of esters is 2. The number of unbranched alkanes of at least 4 members (excludes halogenated alkanes) is 41. The quantitative estimate of drug-likeness (QED) is 0.0195. The fourth-order valence-corrected chi connectivity index (χ4v) is 10.3. The van der Waals surface area contributed by atoms with Crippen LogP contribution in [0.1, 0.15) is 335 Å². The lowest BCUT2D eigenvalue weighted by atomic mass is 10.0. The first-order valence-corrected chi connectivity index (χ1v) is 35.4. The lowest BCUT2D eigenvalue weighted by molar-refractivity contribution is -0.870. The summed E-state index contributed by atoms with van der Waals surface area (Å²) < 4.78 is 22.8. The molecular weight excluding hydrogens is 1030 g/mol. The summed E-state index contributed by atoms with van der Waals surface area (Å²) in [5, 5.41) is 11.8. The maximum absolute atomic E-state index is 12.9. The van der Waals surface area contributed by atoms with Gasteiger partial charge in [0.15, 0.2) is 12.4 Å². The van der Waals surface area contributed by atoms with Crippen molar-refractivity contribution in [3.05, 3.63) is 60.8 Å². The van der Waals surface area contributed by atoms with E-state index in [1.807, 2.05) is 21.1 Å². The predicted octanol–water partition coefficient (Wildman–Crippen LogP) is 20.6. The van der Waals surface area contributed by atoms with Crippen molar-refractivity contribution in [3.8, 4) is 0 Å². The summed E-state index contributed by atoms with van der Waals surface area (Å²) in [6, 6.07) is 0. The van der Waals surface area contributed by atoms with E-state index in [1.165, 1.54) is 250 Å². The van der Waals surface area contributed by atoms with Crippen molar-refractivity contribution in [2.24, 2.45) is 0 Å². The first kappa shape index (κ1) is 80.0. The molecule has 484 valence electrons. The number of carbonyl (C=O) groups excluding carboxylic acids is 3. The van der Waals surface area contributed by atoms with E-state index in [4.69, 9.17) is 18.9 Å². The molecule has 9 heteroatoms. The number of aliphatic carboxylic acids is 1. The zero-order valence-electron chi connectivity index (χ0n) is 55.3. The van der Waals surface area contributed by atoms with Crippen molar-refractivity contribution in [2.45, 2.75) is 347 Å². The van der Waals surface area contributed by atoms with Crippen LogP contribution in [0.3, 0.4) is 0 Å². The topological polar surface area (TPSA) is 111 Å². The van der Waals surface area contributed by atoms with Crippen molar-refractivity contribution in [3.63, 3.8) is 0 Å². The van der Waals surface area contributed by atoms with Crippen molar-refractivity contribution >= 4 is 17.9 Å². The molecule has 0 bridgehead atoms. The summed E-state index contributed by atoms with van der Waals surface area (Å²) in [4.78, 5) is 37.5. The third-order valence-corrected chi connectivity index (χ3v) is 15.7. The summed E-state index contributed by atoms with van der Waals surface area (Å²) in [5.74, 6) is -2.26. The molecule has 0 heterocycles. The normalized spacial score (nSPS) is 13.0. The summed E-state index contributed by atoms with van der Waals surface area (Å²) >= 11 is 0. The maximum atomic E-state index is 12.9. The Hall–Kier alpha value is -3.01. The molecule has 0 saturated carbocycles. The third kappa shape index (κ3) is 66.4. The molecule has 0 saturated heterocycles. The van der Waals surface area contributed by atoms with E-state index in [2.05, 4.69) is 74.6 Å². The Labute approximate surface area is 514 Å². The van der Waals surface area contributed by atoms with Gasteiger partial charge in [-0.25, -0.2) is 0 Å². The fraction of sp³-hybridized carbons (Fsp3) is 0.824. The highest BCUT2D eigenvalue weighted by Gasteiger charge is 2.22. The van der Waals surface area contributed by atoms with Crippen LogP contribution < -0.4 is 5.11 Å². The predicted molar refractivity (Wildman–Crippen MR) is 352 cm³/mol. The summed E-state index contributed by atoms with van der Waals surface area (Å²) in [5.41, 5.74) is 0. The molecule has 2 unspecified atom stereocenters. The molecule has 2 atom stereocenters. The molecule has 0 aromatic carbocycles. The van der Waals surface area contributed by atoms with Crippen molar-refractivity contribution in [1.29, 1.82) is 0 Å². The SMILES string of the molecule is CCCCCCC/C=C\C/C=C\C/C=C\CCCCCCCCCCCCCCCCCCC(=O)OC(COC(=O)CCCCCCCCCCCCCCCCC/C=C\C/C=C\CCCCCCC)COC(OCC[N+](C)(C)C)C(=O)[O-]. The molecule has 0 aliphatic carbocycles. The highest BCUT2D eigenvalue weighted by molar-refractivity contribution is 5.70. The number of rotatable bonds is 66. The number of hydrogen-bond acceptors (Lipinski definition) is 8. The minimum Gasteiger partial charge on any atom is -0.545 e. The monoisotopic (exact) mass is 1170 g/mol. The van der Waals surface area contributed by atoms with Crippen LogP contribution in [0.4, 0.5) is 0 Å². The number of carboxylic acid groups (broad SMARTS) is 1. The molecule has 0 radical (unpaired) electrons. The van der Waals surface area contributed by atoms with Gasteiger partial charge in [0.1, 0.15) is 13.2 Å². The Kier molecular flexibility index (Phi) is 62.6. The largest absolute Gasteiger partial charge is 0.545 e. The standard InChI is InChI=1S/C74H135NO8/c1-6-8-10-12-14-16-18-20-22-24-26-28-30-32-34-35-36-37-39-41-43-45-47-49-51-53-55-57-59-61-63-65-72(77)83-70(69-82-74(73(78)79)80-67-66-75(3,4)5)68-81-71(76)64-62-60-58-56-54-52-50-48-46-44-42-40-38-33-31-29-27-25-23-21-19-17-15-13-11-9-7-2/h18-21,24-27,30,32,70,74H,6-17,22-23,28-29,31,33-69H2,1-5H3/b20-18-,21-19-,26-24-,27-25-,32-30-. The molecule has 0 aromatic heterocycles. The minimum atomic E-state index is -1.62. The van der Waals surface area contributed by atoms with E-state index in [-0.39, 0.29) is 32.2 Å². The maximum Gasteiger partial charge on any atom is 0.306 e. The van der Waals surface area contributed by atoms with Gasteiger partial charge in [0, 0.05) is 12.8 Å². The van der Waals surface area contributed by atoms with Gasteiger partial charge in [-0.1, -0.05) is 299 Å². The Morgan fingerprint density at radius 1 is 0.361 bits per heavy atom. The summed E-state index contributed by atoms with van der Waals surface area (Å²) in [6.45, 7) is 4.77. The Bertz CT molecular complexity index is 1550. The molecule has 0 aliphatic rings. The molecule has 0 aromatic rings. The number of carbonyl (C=O) groups is 3. The average molecular weight is 1170 g/mol. The van der Waals surface area contributed by atoms with Crippen LogP contribution in [0.15, 0.2) is 60.8 Å². The van der Waals surface area contributed by atoms with Crippen LogP contribution in [-0.2, 0) is 33.3 Å². The van der Waals surface area contributed by atoms with E-state index in [0.29, 0.717) is 23.9 Å². The third-order valence-electron chi connectivity index (χ3n) is 15.7. The molecule has 83 heavy (non-hydrogen) atoms. The van der Waals surface area contributed by atoms with Gasteiger partial charge in [0.25, 0.3) is 0 Å². The zero-order chi connectivity index (χ0) is 60.5. The number of allylic oxidation sites excluding steroid dienone is 10. The second-order valence-electron chi connectivity index (χ2n) is 25.2. The van der Waals surface area contributed by atoms with Crippen molar-refractivity contribution in [2.75, 3.05) is 47.5 Å². The van der Waals surface area contributed by atoms with E-state index in [0.717, 1.165) is 51.4 Å². The lowest BCUT2D eigenvalue weighted by Gasteiger charge is -2.26. The van der Waals surface area contributed by atoms with Gasteiger partial charge in [0.2, 0.25) is 0 Å². The molecule has 0 fully saturated rings. The highest BCUT2D eigenvalue weighted by Crippen LogP contribution is 2.18. The molecular formula is C74H135NO8. The number of likely N-dealkylation sites (N-methyl/N-ethyl adjacent to an activating group) is 1. The van der Waals surface area contributed by atoms with Crippen molar-refractivity contribution in [1.82, 2.24) is 0 Å². The molecule has 0 N–H and O–H groups in total. The zero-order valence-corrected chi connectivity index (χ0v) is 55.3. The first-order chi connectivity index (χ1) is 40.6. The van der Waals surface area contributed by atoms with Crippen LogP contribution in [0.5, 0.6) is 0 Å². The summed E-state index contributed by atoms with van der Waals surface area (Å²) in [7, 11) is 5.94. The van der Waals surface area contributed by atoms with Gasteiger partial charge in [-0.15, -0.1) is 0 Å². The van der Waals surface area contributed by atoms with Gasteiger partial charge in [-0.05, 0) is 83.5 Å². The number of hydrogen-bond donors (Lipinski definition) is 0. The molecule has 0 aliphatic heterocycles. The Balaban J connectivity index is 4.09. The number of ether oxygens (including phenoxy) is 4. The van der Waals surface area contributed by atoms with E-state index >= 15 is 0 Å². The fourth-order valence-electron chi connectivity index (χ4n) is 10.3. The van der Waals surface area contributed by atoms with Crippen LogP contribution >= 0.6 is 0 Å². The molecule has 0 amide bonds. The minimum absolute atomic E-state index is 0.148. The van der Waals surface area contributed by atoms with E-state index in [1.54, 1.807) is 0 Å². The van der Waals surface area contributed by atoms with E-state index < -0.39 is 24.3 Å². The Morgan fingerprint density at radius 2 is 0.651 bits per heavy atom. The molecule has 9 nitrogen and oxygen atoms in total. The van der Waals surface area contributed by atoms with Crippen molar-refractivity contribution < 1.29 is 42.9 Å². The van der Waals surface area contributed by atoms with Gasteiger partial charge in [-0.2, -0.15) is 0 Å². The second-order valence-corrected chi connectivity index (χ2v) is 25.2. The van der Waals surface area contributed by atoms with Gasteiger partial charge < -0.3 is 33.3 Å². The average Bonchev–Trinajstić information content (AvgIpc) is 3.46. The Morgan fingerprint density at radius 3 is 0.964 bits per heavy atom. The molecule has 0 spiro atoms. The highest BCUT2D eigenvalue weighted by atomic mass is 16.7. The van der Waals surface area contributed by atoms with Gasteiger partial charge >= 0.3 is 11.9 Å². The summed E-state index contributed by atoms with van der Waals surface area (Å²) in [6.07, 6.45) is 81.6. The number of nitrogens with zero attached hydrogens (tertiary/aromatic N) is 1. The smallest absolute Gasteiger partial charge is 0.306 e. The van der Waals surface area contributed by atoms with Crippen LogP contribution in [0.25, 0.3) is 0 Å². The first-order valence-electron chi connectivity index (χ1n) is 35.4. The molecule has 0 rings (SSSR count). The lowest BCUT2D eigenvalue weighted by Crippen LogP contribution is -2.44. The van der Waals surface area contributed by atoms with Gasteiger partial charge in [-0.3, -0.25) is 9.59 Å². The number of carboxylic acids is 1. The number of quaternary nitrogens is 1. The second kappa shape index (κ2) is 65.0. The van der Waals surface area contributed by atoms with Crippen LogP contribution in [0, 0.1) is 0 Å². The van der Waals surface area contributed by atoms with E-state index in [9.17, 15) is 19.5 Å². The van der Waals surface area contributed by atoms with Crippen LogP contribution in [-0.4, -0.2) is 82.3 Å². The van der Waals surface area contributed by atoms with Gasteiger partial charge in [0.05, 0.1) is 40.3 Å².